The quantitative estimate of drug-likeness (QED) is 0.745. The number of alkyl halides is 1. The van der Waals surface area contributed by atoms with Crippen LogP contribution in [0.1, 0.15) is 32.2 Å². The fraction of sp³-hybridized carbons (Fsp3) is 0.727. The van der Waals surface area contributed by atoms with Crippen LogP contribution >= 0.6 is 11.6 Å². The Morgan fingerprint density at radius 3 is 2.28 bits per heavy atom. The SMILES string of the molecule is CCc1nnc(S(=O)(=O)CC(C)CCl)nc1CC. The zero-order chi connectivity index (χ0) is 13.8. The fourth-order valence-corrected chi connectivity index (χ4v) is 3.22. The fourth-order valence-electron chi connectivity index (χ4n) is 1.55. The normalized spacial score (nSPS) is 13.6. The van der Waals surface area contributed by atoms with Gasteiger partial charge in [0.05, 0.1) is 17.1 Å². The first kappa shape index (κ1) is 15.3. The monoisotopic (exact) mass is 291 g/mol. The second kappa shape index (κ2) is 6.43. The van der Waals surface area contributed by atoms with E-state index in [0.29, 0.717) is 24.4 Å². The molecular weight excluding hydrogens is 274 g/mol. The van der Waals surface area contributed by atoms with Crippen LogP contribution in [0.5, 0.6) is 0 Å². The topological polar surface area (TPSA) is 72.8 Å². The predicted molar refractivity (Wildman–Crippen MR) is 70.5 cm³/mol. The van der Waals surface area contributed by atoms with Crippen LogP contribution < -0.4 is 0 Å². The van der Waals surface area contributed by atoms with E-state index in [2.05, 4.69) is 15.2 Å². The first-order valence-electron chi connectivity index (χ1n) is 5.95. The van der Waals surface area contributed by atoms with E-state index in [-0.39, 0.29) is 16.8 Å². The molecule has 0 saturated heterocycles. The molecule has 5 nitrogen and oxygen atoms in total. The molecule has 1 heterocycles. The highest BCUT2D eigenvalue weighted by Gasteiger charge is 2.23. The van der Waals surface area contributed by atoms with Crippen molar-refractivity contribution >= 4 is 21.4 Å². The lowest BCUT2D eigenvalue weighted by molar-refractivity contribution is 0.567. The molecule has 7 heteroatoms. The molecule has 1 rings (SSSR count). The Bertz CT molecular complexity index is 505. The van der Waals surface area contributed by atoms with Crippen LogP contribution in [0.4, 0.5) is 0 Å². The lowest BCUT2D eigenvalue weighted by Gasteiger charge is -2.09. The highest BCUT2D eigenvalue weighted by Crippen LogP contribution is 2.12. The molecule has 1 atom stereocenters. The van der Waals surface area contributed by atoms with Crippen molar-refractivity contribution in [3.05, 3.63) is 11.4 Å². The number of aromatic nitrogens is 3. The minimum absolute atomic E-state index is 0.0488. The van der Waals surface area contributed by atoms with E-state index < -0.39 is 9.84 Å². The Labute approximate surface area is 113 Å². The van der Waals surface area contributed by atoms with Gasteiger partial charge in [0, 0.05) is 5.88 Å². The zero-order valence-electron chi connectivity index (χ0n) is 10.9. The third kappa shape index (κ3) is 3.62. The van der Waals surface area contributed by atoms with Gasteiger partial charge in [0.25, 0.3) is 5.16 Å². The zero-order valence-corrected chi connectivity index (χ0v) is 12.4. The van der Waals surface area contributed by atoms with Crippen LogP contribution in [0.3, 0.4) is 0 Å². The summed E-state index contributed by atoms with van der Waals surface area (Å²) < 4.78 is 24.1. The maximum absolute atomic E-state index is 12.0. The van der Waals surface area contributed by atoms with Gasteiger partial charge in [0.1, 0.15) is 0 Å². The minimum atomic E-state index is -3.50. The third-order valence-electron chi connectivity index (χ3n) is 2.54. The summed E-state index contributed by atoms with van der Waals surface area (Å²) in [7, 11) is -3.50. The van der Waals surface area contributed by atoms with Crippen molar-refractivity contribution in [2.75, 3.05) is 11.6 Å². The minimum Gasteiger partial charge on any atom is -0.220 e. The van der Waals surface area contributed by atoms with Crippen molar-refractivity contribution in [1.82, 2.24) is 15.2 Å². The van der Waals surface area contributed by atoms with E-state index in [4.69, 9.17) is 11.6 Å². The first-order valence-corrected chi connectivity index (χ1v) is 8.14. The third-order valence-corrected chi connectivity index (χ3v) is 4.80. The molecule has 0 amide bonds. The van der Waals surface area contributed by atoms with Crippen LogP contribution in [0.15, 0.2) is 5.16 Å². The van der Waals surface area contributed by atoms with Crippen molar-refractivity contribution < 1.29 is 8.42 Å². The lowest BCUT2D eigenvalue weighted by Crippen LogP contribution is -2.19. The van der Waals surface area contributed by atoms with Gasteiger partial charge in [-0.1, -0.05) is 20.8 Å². The van der Waals surface area contributed by atoms with E-state index in [1.807, 2.05) is 13.8 Å². The maximum atomic E-state index is 12.0. The summed E-state index contributed by atoms with van der Waals surface area (Å²) >= 11 is 5.63. The number of hydrogen-bond donors (Lipinski definition) is 0. The lowest BCUT2D eigenvalue weighted by atomic mass is 10.2. The summed E-state index contributed by atoms with van der Waals surface area (Å²) in [5, 5.41) is 7.48. The van der Waals surface area contributed by atoms with Crippen LogP contribution in [-0.4, -0.2) is 35.2 Å². The molecule has 1 aromatic heterocycles. The van der Waals surface area contributed by atoms with E-state index in [0.717, 1.165) is 5.69 Å². The Morgan fingerprint density at radius 1 is 1.17 bits per heavy atom. The molecule has 0 aromatic carbocycles. The Morgan fingerprint density at radius 2 is 1.78 bits per heavy atom. The smallest absolute Gasteiger partial charge is 0.220 e. The molecule has 0 radical (unpaired) electrons. The number of aryl methyl sites for hydroxylation is 2. The van der Waals surface area contributed by atoms with Crippen LogP contribution in [0, 0.1) is 5.92 Å². The number of sulfone groups is 1. The molecule has 0 bridgehead atoms. The number of halogens is 1. The van der Waals surface area contributed by atoms with E-state index >= 15 is 0 Å². The molecular formula is C11H18ClN3O2S. The van der Waals surface area contributed by atoms with Crippen molar-refractivity contribution in [3.8, 4) is 0 Å². The molecule has 0 fully saturated rings. The average Bonchev–Trinajstić information content (AvgIpc) is 2.37. The van der Waals surface area contributed by atoms with Gasteiger partial charge in [-0.05, 0) is 18.8 Å². The van der Waals surface area contributed by atoms with Crippen LogP contribution in [-0.2, 0) is 22.7 Å². The van der Waals surface area contributed by atoms with E-state index in [9.17, 15) is 8.42 Å². The summed E-state index contributed by atoms with van der Waals surface area (Å²) in [5.41, 5.74) is 1.45. The Kier molecular flexibility index (Phi) is 5.47. The highest BCUT2D eigenvalue weighted by atomic mass is 35.5. The van der Waals surface area contributed by atoms with Gasteiger partial charge in [-0.2, -0.15) is 5.10 Å². The first-order chi connectivity index (χ1) is 8.44. The van der Waals surface area contributed by atoms with Gasteiger partial charge in [0.15, 0.2) is 0 Å². The van der Waals surface area contributed by atoms with E-state index in [1.165, 1.54) is 0 Å². The Balaban J connectivity index is 3.10. The molecule has 1 aromatic rings. The number of hydrogen-bond acceptors (Lipinski definition) is 5. The van der Waals surface area contributed by atoms with Gasteiger partial charge in [0.2, 0.25) is 9.84 Å². The molecule has 18 heavy (non-hydrogen) atoms. The number of rotatable bonds is 6. The summed E-state index contributed by atoms with van der Waals surface area (Å²) in [6.45, 7) is 5.63. The standard InChI is InChI=1S/C11H18ClN3O2S/c1-4-9-10(5-2)14-15-11(13-9)18(16,17)7-8(3)6-12/h8H,4-7H2,1-3H3. The Hall–Kier alpha value is -0.750. The van der Waals surface area contributed by atoms with Gasteiger partial charge >= 0.3 is 0 Å². The molecule has 0 saturated carbocycles. The summed E-state index contributed by atoms with van der Waals surface area (Å²) in [5.74, 6) is 0.115. The second-order valence-electron chi connectivity index (χ2n) is 4.24. The average molecular weight is 292 g/mol. The summed E-state index contributed by atoms with van der Waals surface area (Å²) in [6.07, 6.45) is 1.34. The summed E-state index contributed by atoms with van der Waals surface area (Å²) in [4.78, 5) is 4.12. The van der Waals surface area contributed by atoms with Gasteiger partial charge in [-0.15, -0.1) is 16.7 Å². The molecule has 0 aliphatic rings. The van der Waals surface area contributed by atoms with Gasteiger partial charge < -0.3 is 0 Å². The summed E-state index contributed by atoms with van der Waals surface area (Å²) in [6, 6.07) is 0. The second-order valence-corrected chi connectivity index (χ2v) is 6.47. The van der Waals surface area contributed by atoms with Crippen molar-refractivity contribution in [1.29, 1.82) is 0 Å². The van der Waals surface area contributed by atoms with Crippen LogP contribution in [0.2, 0.25) is 0 Å². The molecule has 0 aliphatic carbocycles. The van der Waals surface area contributed by atoms with Gasteiger partial charge in [-0.25, -0.2) is 13.4 Å². The van der Waals surface area contributed by atoms with Gasteiger partial charge in [-0.3, -0.25) is 0 Å². The molecule has 102 valence electrons. The molecule has 0 aliphatic heterocycles. The van der Waals surface area contributed by atoms with Crippen LogP contribution in [0.25, 0.3) is 0 Å². The molecule has 0 spiro atoms. The van der Waals surface area contributed by atoms with Crippen molar-refractivity contribution in [2.45, 2.75) is 38.8 Å². The molecule has 1 unspecified atom stereocenters. The molecule has 0 N–H and O–H groups in total. The maximum Gasteiger partial charge on any atom is 0.267 e. The highest BCUT2D eigenvalue weighted by molar-refractivity contribution is 7.91. The largest absolute Gasteiger partial charge is 0.267 e. The van der Waals surface area contributed by atoms with Crippen molar-refractivity contribution in [2.24, 2.45) is 5.92 Å². The number of nitrogens with zero attached hydrogens (tertiary/aromatic N) is 3. The van der Waals surface area contributed by atoms with E-state index in [1.54, 1.807) is 6.92 Å². The predicted octanol–water partition coefficient (Wildman–Crippen LogP) is 1.65. The van der Waals surface area contributed by atoms with Crippen molar-refractivity contribution in [3.63, 3.8) is 0 Å².